The second kappa shape index (κ2) is 6.90. The molecule has 0 atom stereocenters. The van der Waals surface area contributed by atoms with Crippen molar-refractivity contribution in [2.45, 2.75) is 26.2 Å². The van der Waals surface area contributed by atoms with Crippen LogP contribution >= 0.6 is 0 Å². The molecule has 0 aliphatic heterocycles. The monoisotopic (exact) mass is 346 g/mol. The van der Waals surface area contributed by atoms with Crippen molar-refractivity contribution in [2.75, 3.05) is 14.2 Å². The summed E-state index contributed by atoms with van der Waals surface area (Å²) in [5, 5.41) is 2.39. The molecule has 23 heavy (non-hydrogen) atoms. The largest absolute Gasteiger partial charge is 0.497 e. The molecular weight excluding hydrogens is 320 g/mol. The molecule has 2 aromatic carbocycles. The lowest BCUT2D eigenvalue weighted by molar-refractivity contribution is 0.415. The Bertz CT molecular complexity index is 611. The zero-order chi connectivity index (χ0) is 17.1. The third-order valence-corrected chi connectivity index (χ3v) is 11.5. The Morgan fingerprint density at radius 2 is 0.957 bits per heavy atom. The standard InChI is InChI=1S/C18H26O3Si2/c1-19-15-11-7-9-13-17(15)22(3,4)21-23(5,6)18-14-10-8-12-16(18)20-2/h7-14H,1-6H3. The van der Waals surface area contributed by atoms with Gasteiger partial charge in [0, 0.05) is 10.4 Å². The first-order chi connectivity index (χ1) is 10.8. The summed E-state index contributed by atoms with van der Waals surface area (Å²) >= 11 is 0. The van der Waals surface area contributed by atoms with Crippen molar-refractivity contribution >= 4 is 27.0 Å². The maximum absolute atomic E-state index is 6.80. The highest BCUT2D eigenvalue weighted by molar-refractivity contribution is 6.97. The van der Waals surface area contributed by atoms with Gasteiger partial charge in [-0.25, -0.2) is 0 Å². The molecule has 0 saturated carbocycles. The van der Waals surface area contributed by atoms with Gasteiger partial charge < -0.3 is 13.6 Å². The fraction of sp³-hybridized carbons (Fsp3) is 0.333. The quantitative estimate of drug-likeness (QED) is 0.752. The van der Waals surface area contributed by atoms with Crippen molar-refractivity contribution in [3.05, 3.63) is 48.5 Å². The van der Waals surface area contributed by atoms with Crippen LogP contribution in [-0.2, 0) is 4.12 Å². The van der Waals surface area contributed by atoms with Gasteiger partial charge in [-0.2, -0.15) is 0 Å². The van der Waals surface area contributed by atoms with E-state index in [0.717, 1.165) is 11.5 Å². The van der Waals surface area contributed by atoms with Gasteiger partial charge in [-0.3, -0.25) is 0 Å². The zero-order valence-corrected chi connectivity index (χ0v) is 16.8. The average Bonchev–Trinajstić information content (AvgIpc) is 2.53. The third-order valence-electron chi connectivity index (χ3n) is 4.02. The molecule has 0 amide bonds. The Balaban J connectivity index is 2.38. The van der Waals surface area contributed by atoms with E-state index in [1.807, 2.05) is 36.4 Å². The highest BCUT2D eigenvalue weighted by Gasteiger charge is 2.38. The van der Waals surface area contributed by atoms with E-state index in [2.05, 4.69) is 38.3 Å². The van der Waals surface area contributed by atoms with E-state index in [-0.39, 0.29) is 0 Å². The molecule has 0 fully saturated rings. The van der Waals surface area contributed by atoms with Crippen molar-refractivity contribution in [2.24, 2.45) is 0 Å². The fourth-order valence-electron chi connectivity index (χ4n) is 3.03. The SMILES string of the molecule is COc1ccccc1[Si](C)(C)O[Si](C)(C)c1ccccc1OC. The smallest absolute Gasteiger partial charge is 0.210 e. The number of benzene rings is 2. The minimum absolute atomic E-state index is 0.911. The van der Waals surface area contributed by atoms with E-state index in [9.17, 15) is 0 Å². The lowest BCUT2D eigenvalue weighted by Gasteiger charge is -2.35. The molecule has 0 saturated heterocycles. The number of para-hydroxylation sites is 2. The van der Waals surface area contributed by atoms with Crippen molar-refractivity contribution in [3.63, 3.8) is 0 Å². The van der Waals surface area contributed by atoms with Crippen LogP contribution in [0.25, 0.3) is 0 Å². The van der Waals surface area contributed by atoms with Gasteiger partial charge in [0.2, 0.25) is 16.6 Å². The summed E-state index contributed by atoms with van der Waals surface area (Å²) < 4.78 is 17.9. The van der Waals surface area contributed by atoms with Crippen molar-refractivity contribution < 1.29 is 13.6 Å². The van der Waals surface area contributed by atoms with Crippen molar-refractivity contribution in [3.8, 4) is 11.5 Å². The Kier molecular flexibility index (Phi) is 5.34. The molecular formula is C18H26O3Si2. The lowest BCUT2D eigenvalue weighted by atomic mass is 10.3. The summed E-state index contributed by atoms with van der Waals surface area (Å²) in [4.78, 5) is 0. The topological polar surface area (TPSA) is 27.7 Å². The molecule has 5 heteroatoms. The first kappa shape index (κ1) is 17.8. The van der Waals surface area contributed by atoms with Crippen molar-refractivity contribution in [1.82, 2.24) is 0 Å². The van der Waals surface area contributed by atoms with Crippen LogP contribution in [0.15, 0.2) is 48.5 Å². The van der Waals surface area contributed by atoms with Gasteiger partial charge in [-0.1, -0.05) is 36.4 Å². The number of hydrogen-bond donors (Lipinski definition) is 0. The molecule has 2 aromatic rings. The highest BCUT2D eigenvalue weighted by Crippen LogP contribution is 2.22. The molecule has 0 radical (unpaired) electrons. The molecule has 0 N–H and O–H groups in total. The van der Waals surface area contributed by atoms with E-state index in [1.54, 1.807) is 14.2 Å². The molecule has 0 aromatic heterocycles. The van der Waals surface area contributed by atoms with Crippen LogP contribution in [0.4, 0.5) is 0 Å². The zero-order valence-electron chi connectivity index (χ0n) is 14.8. The van der Waals surface area contributed by atoms with Gasteiger partial charge >= 0.3 is 0 Å². The van der Waals surface area contributed by atoms with Gasteiger partial charge in [0.15, 0.2) is 0 Å². The Morgan fingerprint density at radius 3 is 1.30 bits per heavy atom. The summed E-state index contributed by atoms with van der Waals surface area (Å²) in [5.74, 6) is 1.82. The Morgan fingerprint density at radius 1 is 0.609 bits per heavy atom. The summed E-state index contributed by atoms with van der Waals surface area (Å²) in [6.07, 6.45) is 0. The number of rotatable bonds is 6. The fourth-order valence-corrected chi connectivity index (χ4v) is 11.6. The molecule has 0 unspecified atom stereocenters. The third kappa shape index (κ3) is 3.86. The summed E-state index contributed by atoms with van der Waals surface area (Å²) in [7, 11) is -0.807. The molecule has 124 valence electrons. The molecule has 2 rings (SSSR count). The minimum atomic E-state index is -2.12. The number of methoxy groups -OCH3 is 2. The molecule has 0 heterocycles. The Hall–Kier alpha value is -1.57. The van der Waals surface area contributed by atoms with Gasteiger partial charge in [0.25, 0.3) is 0 Å². The van der Waals surface area contributed by atoms with Crippen LogP contribution in [0.5, 0.6) is 11.5 Å². The maximum Gasteiger partial charge on any atom is 0.210 e. The summed E-state index contributed by atoms with van der Waals surface area (Å²) in [6, 6.07) is 16.3. The maximum atomic E-state index is 6.80. The van der Waals surface area contributed by atoms with E-state index in [1.165, 1.54) is 10.4 Å². The lowest BCUT2D eigenvalue weighted by Crippen LogP contribution is -2.58. The first-order valence-corrected chi connectivity index (χ1v) is 13.6. The normalized spacial score (nSPS) is 12.1. The summed E-state index contributed by atoms with van der Waals surface area (Å²) in [5.41, 5.74) is 0. The van der Waals surface area contributed by atoms with E-state index in [4.69, 9.17) is 13.6 Å². The molecule has 0 spiro atoms. The van der Waals surface area contributed by atoms with Gasteiger partial charge in [-0.15, -0.1) is 0 Å². The van der Waals surface area contributed by atoms with Crippen LogP contribution < -0.4 is 19.8 Å². The second-order valence-corrected chi connectivity index (χ2v) is 14.5. The number of hydrogen-bond acceptors (Lipinski definition) is 3. The predicted octanol–water partition coefficient (Wildman–Crippen LogP) is 3.24. The molecule has 3 nitrogen and oxygen atoms in total. The van der Waals surface area contributed by atoms with Gasteiger partial charge in [0.05, 0.1) is 14.2 Å². The highest BCUT2D eigenvalue weighted by atomic mass is 28.4. The summed E-state index contributed by atoms with van der Waals surface area (Å²) in [6.45, 7) is 8.92. The van der Waals surface area contributed by atoms with Crippen LogP contribution in [0, 0.1) is 0 Å². The molecule has 0 aliphatic carbocycles. The van der Waals surface area contributed by atoms with E-state index < -0.39 is 16.6 Å². The predicted molar refractivity (Wildman–Crippen MR) is 101 cm³/mol. The number of ether oxygens (including phenoxy) is 2. The van der Waals surface area contributed by atoms with Gasteiger partial charge in [0.1, 0.15) is 11.5 Å². The average molecular weight is 347 g/mol. The molecule has 0 aliphatic rings. The Labute approximate surface area is 141 Å². The first-order valence-electron chi connectivity index (χ1n) is 7.79. The van der Waals surface area contributed by atoms with Crippen LogP contribution in [0.2, 0.25) is 26.2 Å². The van der Waals surface area contributed by atoms with Gasteiger partial charge in [-0.05, 0) is 38.3 Å². The van der Waals surface area contributed by atoms with Crippen LogP contribution in [-0.4, -0.2) is 30.9 Å². The molecule has 0 bridgehead atoms. The second-order valence-electron chi connectivity index (χ2n) is 6.52. The minimum Gasteiger partial charge on any atom is -0.497 e. The van der Waals surface area contributed by atoms with Crippen LogP contribution in [0.1, 0.15) is 0 Å². The van der Waals surface area contributed by atoms with E-state index >= 15 is 0 Å². The van der Waals surface area contributed by atoms with E-state index in [0.29, 0.717) is 0 Å². The van der Waals surface area contributed by atoms with Crippen molar-refractivity contribution in [1.29, 1.82) is 0 Å². The van der Waals surface area contributed by atoms with Crippen LogP contribution in [0.3, 0.4) is 0 Å².